The molecular formula is C16H27NO3. The third-order valence-electron chi connectivity index (χ3n) is 5.35. The summed E-state index contributed by atoms with van der Waals surface area (Å²) in [5.74, 6) is 1.50. The molecule has 3 aliphatic rings. The molecule has 0 bridgehead atoms. The first-order valence-corrected chi connectivity index (χ1v) is 8.18. The molecule has 20 heavy (non-hydrogen) atoms. The Labute approximate surface area is 121 Å². The van der Waals surface area contributed by atoms with Gasteiger partial charge >= 0.3 is 5.97 Å². The van der Waals surface area contributed by atoms with Crippen LogP contribution in [0.5, 0.6) is 0 Å². The Hall–Kier alpha value is -0.610. The van der Waals surface area contributed by atoms with Crippen molar-refractivity contribution in [2.75, 3.05) is 20.3 Å². The first-order valence-electron chi connectivity index (χ1n) is 8.18. The van der Waals surface area contributed by atoms with Gasteiger partial charge in [0.15, 0.2) is 0 Å². The Morgan fingerprint density at radius 3 is 2.75 bits per heavy atom. The van der Waals surface area contributed by atoms with Gasteiger partial charge in [0, 0.05) is 13.2 Å². The standard InChI is InChI=1S/C16H27NO3/c1-19-15(18)16(17-11-14-5-3-9-20-14)8-2-4-13(10-16)12-6-7-12/h12-14,17H,2-11H2,1H3. The molecule has 2 saturated carbocycles. The van der Waals surface area contributed by atoms with Gasteiger partial charge in [-0.3, -0.25) is 10.1 Å². The van der Waals surface area contributed by atoms with Gasteiger partial charge in [-0.25, -0.2) is 0 Å². The van der Waals surface area contributed by atoms with Gasteiger partial charge in [-0.15, -0.1) is 0 Å². The summed E-state index contributed by atoms with van der Waals surface area (Å²) in [7, 11) is 1.51. The first-order chi connectivity index (χ1) is 9.73. The van der Waals surface area contributed by atoms with Crippen LogP contribution in [0.15, 0.2) is 0 Å². The predicted octanol–water partition coefficient (Wildman–Crippen LogP) is 2.27. The van der Waals surface area contributed by atoms with Gasteiger partial charge in [0.2, 0.25) is 0 Å². The molecule has 0 spiro atoms. The number of hydrogen-bond acceptors (Lipinski definition) is 4. The van der Waals surface area contributed by atoms with Gasteiger partial charge in [-0.1, -0.05) is 12.8 Å². The zero-order valence-corrected chi connectivity index (χ0v) is 12.5. The van der Waals surface area contributed by atoms with Crippen molar-refractivity contribution >= 4 is 5.97 Å². The summed E-state index contributed by atoms with van der Waals surface area (Å²) >= 11 is 0. The molecule has 2 aliphatic carbocycles. The number of rotatable bonds is 5. The highest BCUT2D eigenvalue weighted by atomic mass is 16.5. The second-order valence-corrected chi connectivity index (χ2v) is 6.78. The minimum atomic E-state index is -0.452. The lowest BCUT2D eigenvalue weighted by atomic mass is 9.73. The van der Waals surface area contributed by atoms with Gasteiger partial charge in [-0.2, -0.15) is 0 Å². The van der Waals surface area contributed by atoms with Crippen molar-refractivity contribution in [1.82, 2.24) is 5.32 Å². The largest absolute Gasteiger partial charge is 0.468 e. The first kappa shape index (κ1) is 14.3. The van der Waals surface area contributed by atoms with Crippen LogP contribution < -0.4 is 5.32 Å². The van der Waals surface area contributed by atoms with Gasteiger partial charge in [0.05, 0.1) is 13.2 Å². The van der Waals surface area contributed by atoms with E-state index in [4.69, 9.17) is 9.47 Å². The van der Waals surface area contributed by atoms with Crippen molar-refractivity contribution in [3.05, 3.63) is 0 Å². The third kappa shape index (κ3) is 3.01. The van der Waals surface area contributed by atoms with Crippen molar-refractivity contribution < 1.29 is 14.3 Å². The molecule has 0 aromatic rings. The fourth-order valence-electron chi connectivity index (χ4n) is 4.02. The van der Waals surface area contributed by atoms with Crippen LogP contribution in [0.3, 0.4) is 0 Å². The summed E-state index contributed by atoms with van der Waals surface area (Å²) in [5, 5.41) is 3.54. The summed E-state index contributed by atoms with van der Waals surface area (Å²) in [6.07, 6.45) is 9.52. The third-order valence-corrected chi connectivity index (χ3v) is 5.35. The Bertz CT molecular complexity index is 350. The molecule has 0 amide bonds. The SMILES string of the molecule is COC(=O)C1(NCC2CCCO2)CCCC(C2CC2)C1. The Morgan fingerprint density at radius 1 is 1.25 bits per heavy atom. The summed E-state index contributed by atoms with van der Waals surface area (Å²) in [4.78, 5) is 12.4. The maximum Gasteiger partial charge on any atom is 0.326 e. The predicted molar refractivity (Wildman–Crippen MR) is 76.4 cm³/mol. The second-order valence-electron chi connectivity index (χ2n) is 6.78. The molecule has 114 valence electrons. The maximum absolute atomic E-state index is 12.4. The lowest BCUT2D eigenvalue weighted by Crippen LogP contribution is -2.57. The van der Waals surface area contributed by atoms with E-state index in [0.29, 0.717) is 5.92 Å². The molecule has 0 radical (unpaired) electrons. The highest BCUT2D eigenvalue weighted by Gasteiger charge is 2.47. The molecule has 1 heterocycles. The van der Waals surface area contributed by atoms with Crippen molar-refractivity contribution in [2.45, 2.75) is 63.0 Å². The summed E-state index contributed by atoms with van der Waals surface area (Å²) < 4.78 is 10.8. The van der Waals surface area contributed by atoms with Crippen LogP contribution in [0.1, 0.15) is 51.4 Å². The normalized spacial score (nSPS) is 37.9. The number of hydrogen-bond donors (Lipinski definition) is 1. The summed E-state index contributed by atoms with van der Waals surface area (Å²) in [5.41, 5.74) is -0.452. The van der Waals surface area contributed by atoms with Gasteiger partial charge in [-0.05, 0) is 50.4 Å². The van der Waals surface area contributed by atoms with E-state index in [1.807, 2.05) is 0 Å². The minimum Gasteiger partial charge on any atom is -0.468 e. The Balaban J connectivity index is 1.64. The van der Waals surface area contributed by atoms with Crippen molar-refractivity contribution in [2.24, 2.45) is 11.8 Å². The van der Waals surface area contributed by atoms with Crippen LogP contribution in [0, 0.1) is 11.8 Å². The van der Waals surface area contributed by atoms with E-state index in [2.05, 4.69) is 5.32 Å². The molecular weight excluding hydrogens is 254 g/mol. The summed E-state index contributed by atoms with van der Waals surface area (Å²) in [6, 6.07) is 0. The summed E-state index contributed by atoms with van der Waals surface area (Å²) in [6.45, 7) is 1.65. The van der Waals surface area contributed by atoms with Crippen LogP contribution in [-0.2, 0) is 14.3 Å². The maximum atomic E-state index is 12.4. The van der Waals surface area contributed by atoms with Crippen molar-refractivity contribution in [3.8, 4) is 0 Å². The van der Waals surface area contributed by atoms with E-state index >= 15 is 0 Å². The van der Waals surface area contributed by atoms with E-state index < -0.39 is 5.54 Å². The molecule has 3 unspecified atom stereocenters. The van der Waals surface area contributed by atoms with Crippen LogP contribution in [0.2, 0.25) is 0 Å². The molecule has 3 rings (SSSR count). The highest BCUT2D eigenvalue weighted by molar-refractivity contribution is 5.81. The van der Waals surface area contributed by atoms with E-state index in [0.717, 1.165) is 51.2 Å². The van der Waals surface area contributed by atoms with Gasteiger partial charge < -0.3 is 9.47 Å². The Kier molecular flexibility index (Phi) is 4.32. The van der Waals surface area contributed by atoms with Crippen LogP contribution in [0.4, 0.5) is 0 Å². The van der Waals surface area contributed by atoms with Crippen molar-refractivity contribution in [1.29, 1.82) is 0 Å². The molecule has 1 saturated heterocycles. The fraction of sp³-hybridized carbons (Fsp3) is 0.938. The smallest absolute Gasteiger partial charge is 0.326 e. The molecule has 3 atom stereocenters. The van der Waals surface area contributed by atoms with Crippen molar-refractivity contribution in [3.63, 3.8) is 0 Å². The molecule has 1 N–H and O–H groups in total. The average Bonchev–Trinajstić information content (AvgIpc) is 3.21. The molecule has 4 heteroatoms. The quantitative estimate of drug-likeness (QED) is 0.785. The van der Waals surface area contributed by atoms with E-state index in [9.17, 15) is 4.79 Å². The minimum absolute atomic E-state index is 0.0687. The number of esters is 1. The van der Waals surface area contributed by atoms with Gasteiger partial charge in [0.25, 0.3) is 0 Å². The second kappa shape index (κ2) is 6.02. The Morgan fingerprint density at radius 2 is 2.10 bits per heavy atom. The van der Waals surface area contributed by atoms with Gasteiger partial charge in [0.1, 0.15) is 5.54 Å². The number of methoxy groups -OCH3 is 1. The monoisotopic (exact) mass is 281 g/mol. The number of carbonyl (C=O) groups excluding carboxylic acids is 1. The molecule has 0 aromatic carbocycles. The molecule has 0 aromatic heterocycles. The fourth-order valence-corrected chi connectivity index (χ4v) is 4.02. The number of nitrogens with one attached hydrogen (secondary N) is 1. The average molecular weight is 281 g/mol. The zero-order valence-electron chi connectivity index (χ0n) is 12.5. The molecule has 4 nitrogen and oxygen atoms in total. The lowest BCUT2D eigenvalue weighted by molar-refractivity contribution is -0.151. The highest BCUT2D eigenvalue weighted by Crippen LogP contribution is 2.46. The number of carbonyl (C=O) groups is 1. The van der Waals surface area contributed by atoms with E-state index in [1.165, 1.54) is 26.4 Å². The van der Waals surface area contributed by atoms with E-state index in [-0.39, 0.29) is 12.1 Å². The zero-order chi connectivity index (χ0) is 14.0. The van der Waals surface area contributed by atoms with E-state index in [1.54, 1.807) is 0 Å². The van der Waals surface area contributed by atoms with Crippen LogP contribution in [0.25, 0.3) is 0 Å². The lowest BCUT2D eigenvalue weighted by Gasteiger charge is -2.40. The molecule has 1 aliphatic heterocycles. The van der Waals surface area contributed by atoms with Crippen LogP contribution >= 0.6 is 0 Å². The number of ether oxygens (including phenoxy) is 2. The molecule has 3 fully saturated rings. The topological polar surface area (TPSA) is 47.6 Å². The van der Waals surface area contributed by atoms with Crippen LogP contribution in [-0.4, -0.2) is 37.9 Å².